The van der Waals surface area contributed by atoms with E-state index in [1.807, 2.05) is 0 Å². The molecule has 2 heterocycles. The number of nitrogens with two attached hydrogens (primary N) is 1. The lowest BCUT2D eigenvalue weighted by atomic mass is 10.0. The third kappa shape index (κ3) is 3.96. The van der Waals surface area contributed by atoms with Gasteiger partial charge in [0.25, 0.3) is 11.8 Å². The number of hydrogen-bond acceptors (Lipinski definition) is 7. The van der Waals surface area contributed by atoms with Crippen LogP contribution in [-0.4, -0.2) is 60.9 Å². The lowest BCUT2D eigenvalue weighted by Crippen LogP contribution is -2.54. The number of nitrogens with zero attached hydrogens (tertiary/aromatic N) is 1. The minimum absolute atomic E-state index is 0.0889. The van der Waals surface area contributed by atoms with Crippen molar-refractivity contribution in [3.05, 3.63) is 34.9 Å². The molecular weight excluding hydrogens is 364 g/mol. The number of benzene rings is 1. The van der Waals surface area contributed by atoms with E-state index < -0.39 is 29.7 Å². The lowest BCUT2D eigenvalue weighted by molar-refractivity contribution is -0.136. The molecule has 1 aromatic rings. The van der Waals surface area contributed by atoms with Gasteiger partial charge >= 0.3 is 0 Å². The average Bonchev–Trinajstić information content (AvgIpc) is 2.92. The smallest absolute Gasteiger partial charge is 0.262 e. The maximum atomic E-state index is 13.0. The van der Waals surface area contributed by atoms with Crippen LogP contribution in [0.1, 0.15) is 45.5 Å². The van der Waals surface area contributed by atoms with Crippen molar-refractivity contribution in [3.8, 4) is 0 Å². The number of nitrogens with one attached hydrogen (secondary N) is 2. The third-order valence-corrected chi connectivity index (χ3v) is 4.97. The molecule has 0 aromatic heterocycles. The van der Waals surface area contributed by atoms with Crippen molar-refractivity contribution in [3.63, 3.8) is 0 Å². The summed E-state index contributed by atoms with van der Waals surface area (Å²) in [5.74, 6) is -2.02. The zero-order chi connectivity index (χ0) is 20.3. The molecule has 9 nitrogen and oxygen atoms in total. The van der Waals surface area contributed by atoms with Crippen molar-refractivity contribution < 1.29 is 23.9 Å². The summed E-state index contributed by atoms with van der Waals surface area (Å²) in [6, 6.07) is 4.00. The van der Waals surface area contributed by atoms with Gasteiger partial charge in [-0.05, 0) is 24.5 Å². The molecule has 2 atom stereocenters. The number of amides is 4. The first-order chi connectivity index (χ1) is 13.4. The SMILES string of the molecule is COCCC(N)CNCc1cccc2c1C(=O)N(C1CCC(=O)NC1=O)C2=O. The van der Waals surface area contributed by atoms with Crippen LogP contribution in [0.3, 0.4) is 0 Å². The Morgan fingerprint density at radius 3 is 2.79 bits per heavy atom. The largest absolute Gasteiger partial charge is 0.385 e. The van der Waals surface area contributed by atoms with E-state index in [2.05, 4.69) is 10.6 Å². The molecule has 1 aromatic carbocycles. The highest BCUT2D eigenvalue weighted by molar-refractivity contribution is 6.24. The molecule has 0 spiro atoms. The summed E-state index contributed by atoms with van der Waals surface area (Å²) in [6.45, 7) is 1.47. The highest BCUT2D eigenvalue weighted by Gasteiger charge is 2.45. The molecule has 2 aliphatic rings. The Bertz CT molecular complexity index is 810. The Morgan fingerprint density at radius 1 is 1.29 bits per heavy atom. The van der Waals surface area contributed by atoms with Gasteiger partial charge in [-0.1, -0.05) is 12.1 Å². The van der Waals surface area contributed by atoms with E-state index in [1.165, 1.54) is 0 Å². The van der Waals surface area contributed by atoms with E-state index in [0.29, 0.717) is 37.2 Å². The highest BCUT2D eigenvalue weighted by atomic mass is 16.5. The average molecular weight is 388 g/mol. The zero-order valence-corrected chi connectivity index (χ0v) is 15.7. The van der Waals surface area contributed by atoms with Crippen molar-refractivity contribution in [1.82, 2.24) is 15.5 Å². The van der Waals surface area contributed by atoms with Gasteiger partial charge in [0.1, 0.15) is 6.04 Å². The number of methoxy groups -OCH3 is 1. The maximum Gasteiger partial charge on any atom is 0.262 e. The number of rotatable bonds is 8. The predicted molar refractivity (Wildman–Crippen MR) is 99.3 cm³/mol. The van der Waals surface area contributed by atoms with Crippen molar-refractivity contribution in [2.75, 3.05) is 20.3 Å². The van der Waals surface area contributed by atoms with E-state index in [0.717, 1.165) is 4.90 Å². The Labute approximate surface area is 162 Å². The molecule has 1 fully saturated rings. The van der Waals surface area contributed by atoms with E-state index in [9.17, 15) is 19.2 Å². The van der Waals surface area contributed by atoms with Crippen LogP contribution in [0.2, 0.25) is 0 Å². The normalized spacial score (nSPS) is 20.4. The fraction of sp³-hybridized carbons (Fsp3) is 0.474. The molecule has 1 saturated heterocycles. The molecule has 0 saturated carbocycles. The minimum Gasteiger partial charge on any atom is -0.385 e. The number of carbonyl (C=O) groups is 4. The summed E-state index contributed by atoms with van der Waals surface area (Å²) in [6.07, 6.45) is 0.937. The second-order valence-corrected chi connectivity index (χ2v) is 6.96. The Morgan fingerprint density at radius 2 is 2.07 bits per heavy atom. The second-order valence-electron chi connectivity index (χ2n) is 6.96. The monoisotopic (exact) mass is 388 g/mol. The van der Waals surface area contributed by atoms with Gasteiger partial charge in [0.2, 0.25) is 11.8 Å². The quantitative estimate of drug-likeness (QED) is 0.514. The first kappa shape index (κ1) is 20.1. The first-order valence-electron chi connectivity index (χ1n) is 9.22. The van der Waals surface area contributed by atoms with Gasteiger partial charge in [-0.3, -0.25) is 29.4 Å². The summed E-state index contributed by atoms with van der Waals surface area (Å²) in [7, 11) is 1.62. The van der Waals surface area contributed by atoms with Crippen molar-refractivity contribution in [2.45, 2.75) is 37.9 Å². The number of piperidine rings is 1. The van der Waals surface area contributed by atoms with Gasteiger partial charge in [0.05, 0.1) is 11.1 Å². The van der Waals surface area contributed by atoms with Gasteiger partial charge in [-0.15, -0.1) is 0 Å². The zero-order valence-electron chi connectivity index (χ0n) is 15.7. The van der Waals surface area contributed by atoms with Crippen LogP contribution >= 0.6 is 0 Å². The van der Waals surface area contributed by atoms with Crippen LogP contribution in [0.25, 0.3) is 0 Å². The molecule has 28 heavy (non-hydrogen) atoms. The third-order valence-electron chi connectivity index (χ3n) is 4.97. The number of hydrogen-bond donors (Lipinski definition) is 3. The van der Waals surface area contributed by atoms with Crippen LogP contribution in [0.4, 0.5) is 0 Å². The molecule has 9 heteroatoms. The molecule has 0 aliphatic carbocycles. The Hall–Kier alpha value is -2.62. The molecule has 4 N–H and O–H groups in total. The number of imide groups is 2. The van der Waals surface area contributed by atoms with Gasteiger partial charge in [0.15, 0.2) is 0 Å². The number of ether oxygens (including phenoxy) is 1. The number of carbonyl (C=O) groups excluding carboxylic acids is 4. The molecule has 4 amide bonds. The summed E-state index contributed by atoms with van der Waals surface area (Å²) in [5.41, 5.74) is 7.24. The molecule has 150 valence electrons. The van der Waals surface area contributed by atoms with E-state index in [4.69, 9.17) is 10.5 Å². The fourth-order valence-corrected chi connectivity index (χ4v) is 3.50. The van der Waals surface area contributed by atoms with Crippen LogP contribution < -0.4 is 16.4 Å². The first-order valence-corrected chi connectivity index (χ1v) is 9.22. The number of fused-ring (bicyclic) bond motifs is 1. The van der Waals surface area contributed by atoms with Crippen LogP contribution in [0.5, 0.6) is 0 Å². The van der Waals surface area contributed by atoms with E-state index in [1.54, 1.807) is 25.3 Å². The van der Waals surface area contributed by atoms with E-state index >= 15 is 0 Å². The summed E-state index contributed by atoms with van der Waals surface area (Å²) < 4.78 is 5.00. The Kier molecular flexibility index (Phi) is 6.18. The van der Waals surface area contributed by atoms with Crippen molar-refractivity contribution >= 4 is 23.6 Å². The molecule has 2 aliphatic heterocycles. The van der Waals surface area contributed by atoms with Crippen LogP contribution in [-0.2, 0) is 20.9 Å². The lowest BCUT2D eigenvalue weighted by Gasteiger charge is -2.27. The summed E-state index contributed by atoms with van der Waals surface area (Å²) in [5, 5.41) is 5.39. The topological polar surface area (TPSA) is 131 Å². The molecule has 0 radical (unpaired) electrons. The van der Waals surface area contributed by atoms with Gasteiger partial charge < -0.3 is 15.8 Å². The van der Waals surface area contributed by atoms with Crippen LogP contribution in [0, 0.1) is 0 Å². The second kappa shape index (κ2) is 8.59. The fourth-order valence-electron chi connectivity index (χ4n) is 3.50. The molecule has 0 bridgehead atoms. The van der Waals surface area contributed by atoms with Gasteiger partial charge in [-0.25, -0.2) is 0 Å². The maximum absolute atomic E-state index is 13.0. The predicted octanol–water partition coefficient (Wildman–Crippen LogP) is -0.459. The molecule has 2 unspecified atom stereocenters. The Balaban J connectivity index is 1.73. The van der Waals surface area contributed by atoms with Gasteiger partial charge in [0, 0.05) is 39.3 Å². The highest BCUT2D eigenvalue weighted by Crippen LogP contribution is 2.29. The summed E-state index contributed by atoms with van der Waals surface area (Å²) >= 11 is 0. The van der Waals surface area contributed by atoms with Crippen molar-refractivity contribution in [2.24, 2.45) is 5.73 Å². The summed E-state index contributed by atoms with van der Waals surface area (Å²) in [4.78, 5) is 50.2. The standard InChI is InChI=1S/C19H24N4O5/c1-28-8-7-12(20)10-21-9-11-3-2-4-13-16(11)19(27)23(18(13)26)14-5-6-15(24)22-17(14)25/h2-4,12,14,21H,5-10,20H2,1H3,(H,22,24,25). The molecule has 3 rings (SSSR count). The van der Waals surface area contributed by atoms with Crippen molar-refractivity contribution in [1.29, 1.82) is 0 Å². The molecular formula is C19H24N4O5. The van der Waals surface area contributed by atoms with Gasteiger partial charge in [-0.2, -0.15) is 0 Å². The van der Waals surface area contributed by atoms with E-state index in [-0.39, 0.29) is 24.4 Å². The van der Waals surface area contributed by atoms with Crippen LogP contribution in [0.15, 0.2) is 18.2 Å². The minimum atomic E-state index is -0.964.